The molecule has 0 fully saturated rings. The van der Waals surface area contributed by atoms with Crippen molar-refractivity contribution in [1.82, 2.24) is 14.8 Å². The Kier molecular flexibility index (Phi) is 6.20. The zero-order valence-corrected chi connectivity index (χ0v) is 21.2. The Morgan fingerprint density at radius 2 is 1.83 bits per heavy atom. The van der Waals surface area contributed by atoms with Crippen molar-refractivity contribution in [2.45, 2.75) is 45.4 Å². The molecule has 188 valence electrons. The molecule has 0 spiro atoms. The molecule has 8 nitrogen and oxygen atoms in total. The first-order chi connectivity index (χ1) is 17.3. The number of nitrogens with zero attached hydrogens (tertiary/aromatic N) is 3. The van der Waals surface area contributed by atoms with Gasteiger partial charge >= 0.3 is 5.97 Å². The van der Waals surface area contributed by atoms with Gasteiger partial charge in [0.1, 0.15) is 18.8 Å². The Morgan fingerprint density at radius 3 is 2.58 bits per heavy atom. The molecule has 1 aromatic heterocycles. The maximum atomic E-state index is 13.5. The smallest absolute Gasteiger partial charge is 0.328 e. The Bertz CT molecular complexity index is 1340. The van der Waals surface area contributed by atoms with Gasteiger partial charge in [-0.1, -0.05) is 44.2 Å². The van der Waals surface area contributed by atoms with E-state index in [4.69, 9.17) is 4.74 Å². The third-order valence-corrected chi connectivity index (χ3v) is 7.23. The van der Waals surface area contributed by atoms with E-state index >= 15 is 0 Å². The van der Waals surface area contributed by atoms with Crippen molar-refractivity contribution >= 4 is 34.4 Å². The summed E-state index contributed by atoms with van der Waals surface area (Å²) in [5.74, 6) is -0.498. The summed E-state index contributed by atoms with van der Waals surface area (Å²) < 4.78 is 6.94. The highest BCUT2D eigenvalue weighted by Gasteiger charge is 2.42. The number of carbonyl (C=O) groups excluding carboxylic acids is 3. The SMILES string of the molecule is COC(=O)[C@H](CC(C)C)NC(=O)Cn1c2c(c3ccccc31)CCN1C(=O)c3ccccc3N(C)C21. The van der Waals surface area contributed by atoms with E-state index in [0.717, 1.165) is 27.8 Å². The zero-order chi connectivity index (χ0) is 25.6. The monoisotopic (exact) mass is 488 g/mol. The average molecular weight is 489 g/mol. The Hall–Kier alpha value is -3.81. The number of methoxy groups -OCH3 is 1. The number of amides is 2. The average Bonchev–Trinajstić information content (AvgIpc) is 3.19. The first-order valence-corrected chi connectivity index (χ1v) is 12.4. The minimum absolute atomic E-state index is 0.00305. The molecular formula is C28H32N4O4. The zero-order valence-electron chi connectivity index (χ0n) is 21.2. The Labute approximate surface area is 210 Å². The molecule has 1 unspecified atom stereocenters. The van der Waals surface area contributed by atoms with Crippen molar-refractivity contribution in [2.24, 2.45) is 5.92 Å². The molecule has 2 atom stereocenters. The van der Waals surface area contributed by atoms with E-state index in [2.05, 4.69) is 16.3 Å². The third kappa shape index (κ3) is 3.90. The maximum absolute atomic E-state index is 13.5. The van der Waals surface area contributed by atoms with Gasteiger partial charge in [-0.15, -0.1) is 0 Å². The van der Waals surface area contributed by atoms with Gasteiger partial charge in [0.25, 0.3) is 5.91 Å². The van der Waals surface area contributed by atoms with Gasteiger partial charge in [-0.25, -0.2) is 4.79 Å². The second kappa shape index (κ2) is 9.33. The molecule has 1 N–H and O–H groups in total. The molecule has 0 bridgehead atoms. The summed E-state index contributed by atoms with van der Waals surface area (Å²) in [6.45, 7) is 4.64. The third-order valence-electron chi connectivity index (χ3n) is 7.23. The number of carbonyl (C=O) groups is 3. The Morgan fingerprint density at radius 1 is 1.11 bits per heavy atom. The van der Waals surface area contributed by atoms with Crippen molar-refractivity contribution in [3.8, 4) is 0 Å². The molecule has 3 aromatic rings. The molecule has 8 heteroatoms. The van der Waals surface area contributed by atoms with E-state index in [0.29, 0.717) is 24.9 Å². The van der Waals surface area contributed by atoms with Crippen LogP contribution in [0.4, 0.5) is 5.69 Å². The fourth-order valence-corrected chi connectivity index (χ4v) is 5.69. The summed E-state index contributed by atoms with van der Waals surface area (Å²) in [6.07, 6.45) is 0.872. The molecule has 2 amide bonds. The van der Waals surface area contributed by atoms with E-state index in [-0.39, 0.29) is 30.4 Å². The van der Waals surface area contributed by atoms with Crippen molar-refractivity contribution in [2.75, 3.05) is 25.6 Å². The molecule has 5 rings (SSSR count). The van der Waals surface area contributed by atoms with Crippen LogP contribution in [0.3, 0.4) is 0 Å². The predicted octanol–water partition coefficient (Wildman–Crippen LogP) is 3.49. The van der Waals surface area contributed by atoms with Crippen LogP contribution in [0.25, 0.3) is 10.9 Å². The molecular weight excluding hydrogens is 456 g/mol. The highest BCUT2D eigenvalue weighted by atomic mass is 16.5. The highest BCUT2D eigenvalue weighted by Crippen LogP contribution is 2.44. The van der Waals surface area contributed by atoms with Crippen LogP contribution in [0.15, 0.2) is 48.5 Å². The van der Waals surface area contributed by atoms with Gasteiger partial charge in [0.2, 0.25) is 5.91 Å². The normalized spacial score (nSPS) is 17.5. The largest absolute Gasteiger partial charge is 0.467 e. The number of aromatic nitrogens is 1. The van der Waals surface area contributed by atoms with Crippen molar-refractivity contribution in [3.05, 3.63) is 65.4 Å². The number of fused-ring (bicyclic) bond motifs is 6. The van der Waals surface area contributed by atoms with E-state index in [1.54, 1.807) is 0 Å². The Balaban J connectivity index is 1.57. The number of nitrogens with one attached hydrogen (secondary N) is 1. The summed E-state index contributed by atoms with van der Waals surface area (Å²) in [4.78, 5) is 43.1. The summed E-state index contributed by atoms with van der Waals surface area (Å²) in [5, 5.41) is 3.98. The number of hydrogen-bond acceptors (Lipinski definition) is 5. The predicted molar refractivity (Wildman–Crippen MR) is 138 cm³/mol. The second-order valence-electron chi connectivity index (χ2n) is 9.99. The lowest BCUT2D eigenvalue weighted by Crippen LogP contribution is -2.52. The van der Waals surface area contributed by atoms with Gasteiger partial charge in [-0.3, -0.25) is 9.59 Å². The molecule has 3 heterocycles. The molecule has 2 aliphatic rings. The number of para-hydroxylation sites is 2. The lowest BCUT2D eigenvalue weighted by atomic mass is 9.96. The van der Waals surface area contributed by atoms with Crippen molar-refractivity contribution in [1.29, 1.82) is 0 Å². The first-order valence-electron chi connectivity index (χ1n) is 12.4. The highest BCUT2D eigenvalue weighted by molar-refractivity contribution is 6.02. The summed E-state index contributed by atoms with van der Waals surface area (Å²) in [7, 11) is 3.33. The van der Waals surface area contributed by atoms with E-state index in [9.17, 15) is 14.4 Å². The van der Waals surface area contributed by atoms with Crippen molar-refractivity contribution < 1.29 is 19.1 Å². The molecule has 2 aromatic carbocycles. The van der Waals surface area contributed by atoms with Crippen LogP contribution < -0.4 is 10.2 Å². The molecule has 0 saturated carbocycles. The molecule has 2 aliphatic heterocycles. The van der Waals surface area contributed by atoms with E-state index in [1.165, 1.54) is 7.11 Å². The van der Waals surface area contributed by atoms with Crippen LogP contribution in [-0.4, -0.2) is 54.0 Å². The minimum Gasteiger partial charge on any atom is -0.467 e. The lowest BCUT2D eigenvalue weighted by Gasteiger charge is -2.46. The maximum Gasteiger partial charge on any atom is 0.328 e. The molecule has 0 radical (unpaired) electrons. The lowest BCUT2D eigenvalue weighted by molar-refractivity contribution is -0.145. The van der Waals surface area contributed by atoms with Gasteiger partial charge in [-0.05, 0) is 42.5 Å². The molecule has 0 saturated heterocycles. The van der Waals surface area contributed by atoms with Crippen LogP contribution >= 0.6 is 0 Å². The first kappa shape index (κ1) is 23.9. The van der Waals surface area contributed by atoms with Crippen molar-refractivity contribution in [3.63, 3.8) is 0 Å². The molecule has 0 aliphatic carbocycles. The van der Waals surface area contributed by atoms with Gasteiger partial charge in [0.15, 0.2) is 0 Å². The van der Waals surface area contributed by atoms with Gasteiger partial charge < -0.3 is 24.4 Å². The van der Waals surface area contributed by atoms with Gasteiger partial charge in [0, 0.05) is 24.5 Å². The summed E-state index contributed by atoms with van der Waals surface area (Å²) in [5.41, 5.74) is 4.61. The van der Waals surface area contributed by atoms with Crippen LogP contribution in [-0.2, 0) is 27.3 Å². The number of esters is 1. The topological polar surface area (TPSA) is 83.9 Å². The fourth-order valence-electron chi connectivity index (χ4n) is 5.69. The summed E-state index contributed by atoms with van der Waals surface area (Å²) >= 11 is 0. The quantitative estimate of drug-likeness (QED) is 0.537. The molecule has 36 heavy (non-hydrogen) atoms. The summed E-state index contributed by atoms with van der Waals surface area (Å²) in [6, 6.07) is 15.0. The van der Waals surface area contributed by atoms with Crippen LogP contribution in [0.5, 0.6) is 0 Å². The number of rotatable bonds is 6. The standard InChI is InChI=1S/C28H32N4O4/c1-17(2)15-21(28(35)36-4)29-24(33)16-32-23-12-8-5-9-18(23)19-13-14-31-26(25(19)32)30(3)22-11-7-6-10-20(22)27(31)34/h5-12,17,21,26H,13-16H2,1-4H3,(H,29,33)/t21-,26?/m0/s1. The fraction of sp³-hybridized carbons (Fsp3) is 0.393. The number of hydrogen-bond donors (Lipinski definition) is 1. The number of ether oxygens (including phenoxy) is 1. The van der Waals surface area contributed by atoms with Gasteiger partial charge in [0.05, 0.1) is 24.1 Å². The number of anilines is 1. The van der Waals surface area contributed by atoms with Gasteiger partial charge in [-0.2, -0.15) is 0 Å². The second-order valence-corrected chi connectivity index (χ2v) is 9.99. The van der Waals surface area contributed by atoms with Crippen LogP contribution in [0, 0.1) is 5.92 Å². The van der Waals surface area contributed by atoms with E-state index < -0.39 is 12.0 Å². The number of benzene rings is 2. The minimum atomic E-state index is -0.706. The van der Waals surface area contributed by atoms with Crippen LogP contribution in [0.2, 0.25) is 0 Å². The van der Waals surface area contributed by atoms with Crippen LogP contribution in [0.1, 0.15) is 48.0 Å². The van der Waals surface area contributed by atoms with E-state index in [1.807, 2.05) is 72.8 Å².